The minimum atomic E-state index is -0.0506. The number of para-hydroxylation sites is 1. The lowest BCUT2D eigenvalue weighted by Gasteiger charge is -2.27. The number of carbonyl (C=O) groups is 1. The maximum absolute atomic E-state index is 12.8. The molecule has 0 radical (unpaired) electrons. The third-order valence-electron chi connectivity index (χ3n) is 4.07. The summed E-state index contributed by atoms with van der Waals surface area (Å²) < 4.78 is 5.40. The zero-order valence-electron chi connectivity index (χ0n) is 13.0. The van der Waals surface area contributed by atoms with E-state index in [1.54, 1.807) is 7.11 Å². The van der Waals surface area contributed by atoms with Gasteiger partial charge >= 0.3 is 0 Å². The van der Waals surface area contributed by atoms with Gasteiger partial charge in [-0.15, -0.1) is 0 Å². The number of benzene rings is 1. The molecule has 1 aliphatic carbocycles. The summed E-state index contributed by atoms with van der Waals surface area (Å²) in [6.07, 6.45) is 4.06. The average molecular weight is 290 g/mol. The van der Waals surface area contributed by atoms with Gasteiger partial charge in [-0.3, -0.25) is 4.79 Å². The summed E-state index contributed by atoms with van der Waals surface area (Å²) in [5.74, 6) is 0.994. The molecule has 21 heavy (non-hydrogen) atoms. The molecule has 1 unspecified atom stereocenters. The first-order valence-electron chi connectivity index (χ1n) is 7.83. The molecule has 4 heteroatoms. The highest BCUT2D eigenvalue weighted by Crippen LogP contribution is 2.32. The monoisotopic (exact) mass is 290 g/mol. The second kappa shape index (κ2) is 7.46. The molecule has 0 heterocycles. The van der Waals surface area contributed by atoms with Crippen molar-refractivity contribution < 1.29 is 9.53 Å². The van der Waals surface area contributed by atoms with Crippen LogP contribution in [0.15, 0.2) is 24.3 Å². The Bertz CT molecular complexity index is 472. The van der Waals surface area contributed by atoms with E-state index in [1.807, 2.05) is 29.2 Å². The van der Waals surface area contributed by atoms with Crippen LogP contribution in [0.25, 0.3) is 0 Å². The third kappa shape index (κ3) is 3.97. The summed E-state index contributed by atoms with van der Waals surface area (Å²) in [6.45, 7) is 3.15. The minimum absolute atomic E-state index is 0.0506. The predicted molar refractivity (Wildman–Crippen MR) is 84.0 cm³/mol. The fourth-order valence-corrected chi connectivity index (χ4v) is 2.72. The molecule has 0 saturated heterocycles. The normalized spacial score (nSPS) is 15.6. The molecule has 4 nitrogen and oxygen atoms in total. The van der Waals surface area contributed by atoms with E-state index in [1.165, 1.54) is 0 Å². The van der Waals surface area contributed by atoms with Gasteiger partial charge < -0.3 is 15.4 Å². The van der Waals surface area contributed by atoms with Crippen LogP contribution in [0.3, 0.4) is 0 Å². The van der Waals surface area contributed by atoms with E-state index >= 15 is 0 Å². The minimum Gasteiger partial charge on any atom is -0.496 e. The molecule has 2 N–H and O–H groups in total. The largest absolute Gasteiger partial charge is 0.496 e. The SMILES string of the molecule is CCCC(CN)C(=O)N(Cc1ccccc1OC)C1CC1. The number of hydrogen-bond acceptors (Lipinski definition) is 3. The van der Waals surface area contributed by atoms with Crippen LogP contribution in [0.2, 0.25) is 0 Å². The highest BCUT2D eigenvalue weighted by atomic mass is 16.5. The first-order chi connectivity index (χ1) is 10.2. The average Bonchev–Trinajstić information content (AvgIpc) is 3.34. The standard InChI is InChI=1S/C17H26N2O2/c1-3-6-13(11-18)17(20)19(15-9-10-15)12-14-7-4-5-8-16(14)21-2/h4-5,7-8,13,15H,3,6,9-12,18H2,1-2H3. The van der Waals surface area contributed by atoms with Gasteiger partial charge in [0.05, 0.1) is 13.0 Å². The fourth-order valence-electron chi connectivity index (χ4n) is 2.72. The van der Waals surface area contributed by atoms with Gasteiger partial charge in [-0.05, 0) is 25.3 Å². The molecule has 1 amide bonds. The summed E-state index contributed by atoms with van der Waals surface area (Å²) in [4.78, 5) is 14.8. The van der Waals surface area contributed by atoms with Crippen molar-refractivity contribution in [1.29, 1.82) is 0 Å². The maximum Gasteiger partial charge on any atom is 0.227 e. The molecular weight excluding hydrogens is 264 g/mol. The van der Waals surface area contributed by atoms with E-state index in [2.05, 4.69) is 6.92 Å². The number of hydrogen-bond donors (Lipinski definition) is 1. The van der Waals surface area contributed by atoms with E-state index in [-0.39, 0.29) is 11.8 Å². The van der Waals surface area contributed by atoms with Gasteiger partial charge in [-0.2, -0.15) is 0 Å². The second-order valence-corrected chi connectivity index (χ2v) is 5.73. The van der Waals surface area contributed by atoms with Crippen LogP contribution in [-0.2, 0) is 11.3 Å². The number of carbonyl (C=O) groups excluding carboxylic acids is 1. The van der Waals surface area contributed by atoms with Crippen molar-refractivity contribution in [2.45, 2.75) is 45.2 Å². The van der Waals surface area contributed by atoms with Crippen molar-refractivity contribution in [3.05, 3.63) is 29.8 Å². The number of amides is 1. The summed E-state index contributed by atoms with van der Waals surface area (Å²) in [5.41, 5.74) is 6.86. The summed E-state index contributed by atoms with van der Waals surface area (Å²) in [7, 11) is 1.67. The molecule has 0 aliphatic heterocycles. The molecule has 0 aromatic heterocycles. The van der Waals surface area contributed by atoms with Crippen LogP contribution in [0.4, 0.5) is 0 Å². The van der Waals surface area contributed by atoms with Crippen LogP contribution in [0, 0.1) is 5.92 Å². The van der Waals surface area contributed by atoms with Gasteiger partial charge in [0.2, 0.25) is 5.91 Å². The molecule has 2 rings (SSSR count). The van der Waals surface area contributed by atoms with Gasteiger partial charge in [0.15, 0.2) is 0 Å². The fraction of sp³-hybridized carbons (Fsp3) is 0.588. The first kappa shape index (κ1) is 15.8. The Hall–Kier alpha value is -1.55. The zero-order chi connectivity index (χ0) is 15.2. The smallest absolute Gasteiger partial charge is 0.227 e. The molecule has 1 aliphatic rings. The van der Waals surface area contributed by atoms with Gasteiger partial charge in [-0.1, -0.05) is 31.5 Å². The summed E-state index contributed by atoms with van der Waals surface area (Å²) in [5, 5.41) is 0. The van der Waals surface area contributed by atoms with E-state index < -0.39 is 0 Å². The molecule has 1 atom stereocenters. The number of nitrogens with zero attached hydrogens (tertiary/aromatic N) is 1. The molecule has 0 bridgehead atoms. The van der Waals surface area contributed by atoms with Crippen LogP contribution in [0.1, 0.15) is 38.2 Å². The highest BCUT2D eigenvalue weighted by Gasteiger charge is 2.35. The predicted octanol–water partition coefficient (Wildman–Crippen LogP) is 2.56. The number of methoxy groups -OCH3 is 1. The van der Waals surface area contributed by atoms with E-state index in [0.29, 0.717) is 19.1 Å². The molecular formula is C17H26N2O2. The molecule has 1 fully saturated rings. The van der Waals surface area contributed by atoms with Crippen LogP contribution >= 0.6 is 0 Å². The third-order valence-corrected chi connectivity index (χ3v) is 4.07. The topological polar surface area (TPSA) is 55.6 Å². The summed E-state index contributed by atoms with van der Waals surface area (Å²) >= 11 is 0. The second-order valence-electron chi connectivity index (χ2n) is 5.73. The number of ether oxygens (including phenoxy) is 1. The molecule has 1 saturated carbocycles. The summed E-state index contributed by atoms with van der Waals surface area (Å²) in [6, 6.07) is 8.29. The van der Waals surface area contributed by atoms with Crippen LogP contribution < -0.4 is 10.5 Å². The van der Waals surface area contributed by atoms with Gasteiger partial charge in [-0.25, -0.2) is 0 Å². The van der Waals surface area contributed by atoms with Crippen molar-refractivity contribution in [3.8, 4) is 5.75 Å². The van der Waals surface area contributed by atoms with Crippen molar-refractivity contribution >= 4 is 5.91 Å². The van der Waals surface area contributed by atoms with Crippen molar-refractivity contribution in [3.63, 3.8) is 0 Å². The Morgan fingerprint density at radius 3 is 2.71 bits per heavy atom. The first-order valence-corrected chi connectivity index (χ1v) is 7.83. The lowest BCUT2D eigenvalue weighted by Crippen LogP contribution is -2.40. The Labute approximate surface area is 127 Å². The lowest BCUT2D eigenvalue weighted by molar-refractivity contribution is -0.136. The van der Waals surface area contributed by atoms with Gasteiger partial charge in [0, 0.05) is 24.7 Å². The van der Waals surface area contributed by atoms with Crippen LogP contribution in [0.5, 0.6) is 5.75 Å². The van der Waals surface area contributed by atoms with Crippen molar-refractivity contribution in [2.75, 3.05) is 13.7 Å². The van der Waals surface area contributed by atoms with Crippen molar-refractivity contribution in [2.24, 2.45) is 11.7 Å². The Balaban J connectivity index is 2.14. The molecule has 116 valence electrons. The molecule has 0 spiro atoms. The number of rotatable bonds is 8. The van der Waals surface area contributed by atoms with Crippen molar-refractivity contribution in [1.82, 2.24) is 4.90 Å². The molecule has 1 aromatic rings. The van der Waals surface area contributed by atoms with Gasteiger partial charge in [0.25, 0.3) is 0 Å². The van der Waals surface area contributed by atoms with Crippen LogP contribution in [-0.4, -0.2) is 30.5 Å². The van der Waals surface area contributed by atoms with E-state index in [4.69, 9.17) is 10.5 Å². The Morgan fingerprint density at radius 2 is 2.14 bits per heavy atom. The Kier molecular flexibility index (Phi) is 5.62. The highest BCUT2D eigenvalue weighted by molar-refractivity contribution is 5.79. The Morgan fingerprint density at radius 1 is 1.43 bits per heavy atom. The lowest BCUT2D eigenvalue weighted by atomic mass is 10.0. The number of nitrogens with two attached hydrogens (primary N) is 1. The molecule has 1 aromatic carbocycles. The maximum atomic E-state index is 12.8. The van der Waals surface area contributed by atoms with E-state index in [9.17, 15) is 4.79 Å². The van der Waals surface area contributed by atoms with Gasteiger partial charge in [0.1, 0.15) is 5.75 Å². The quantitative estimate of drug-likeness (QED) is 0.800. The van der Waals surface area contributed by atoms with E-state index in [0.717, 1.165) is 37.0 Å². The zero-order valence-corrected chi connectivity index (χ0v) is 13.0.